The van der Waals surface area contributed by atoms with Crippen LogP contribution >= 0.6 is 11.6 Å². The summed E-state index contributed by atoms with van der Waals surface area (Å²) in [5.74, 6) is -3.18. The maximum atomic E-state index is 13.8. The average molecular weight is 291 g/mol. The van der Waals surface area contributed by atoms with Crippen LogP contribution in [-0.4, -0.2) is 23.3 Å². The molecule has 19 heavy (non-hydrogen) atoms. The number of nitro benzene ring substituents is 1. The summed E-state index contributed by atoms with van der Waals surface area (Å²) in [4.78, 5) is 22.6. The smallest absolute Gasteiger partial charge is 0.296 e. The van der Waals surface area contributed by atoms with Crippen molar-refractivity contribution in [3.05, 3.63) is 33.9 Å². The number of rotatable bonds is 3. The van der Waals surface area contributed by atoms with E-state index in [4.69, 9.17) is 11.6 Å². The third-order valence-electron chi connectivity index (χ3n) is 2.94. The molecule has 1 aliphatic heterocycles. The Morgan fingerprint density at radius 2 is 2.16 bits per heavy atom. The number of hydrogen-bond donors (Lipinski definition) is 0. The fourth-order valence-corrected chi connectivity index (χ4v) is 2.24. The van der Waals surface area contributed by atoms with Crippen molar-refractivity contribution >= 4 is 28.9 Å². The lowest BCUT2D eigenvalue weighted by Gasteiger charge is -2.17. The van der Waals surface area contributed by atoms with Crippen molar-refractivity contribution in [1.82, 2.24) is 0 Å². The molecule has 0 aromatic heterocycles. The zero-order valence-corrected chi connectivity index (χ0v) is 10.4. The molecule has 8 heteroatoms. The SMILES string of the molecule is O=C1CC(CCl)CN1c1c([N+](=O)[O-])ccc(F)c1F. The molecule has 1 aromatic carbocycles. The third kappa shape index (κ3) is 2.37. The molecule has 1 fully saturated rings. The van der Waals surface area contributed by atoms with E-state index in [-0.39, 0.29) is 24.8 Å². The molecule has 2 rings (SSSR count). The van der Waals surface area contributed by atoms with E-state index in [1.54, 1.807) is 0 Å². The molecule has 1 atom stereocenters. The fourth-order valence-electron chi connectivity index (χ4n) is 2.03. The molecule has 1 amide bonds. The number of carbonyl (C=O) groups is 1. The van der Waals surface area contributed by atoms with Gasteiger partial charge in [-0.1, -0.05) is 0 Å². The van der Waals surface area contributed by atoms with Crippen LogP contribution in [0.4, 0.5) is 20.2 Å². The van der Waals surface area contributed by atoms with E-state index in [1.165, 1.54) is 0 Å². The normalized spacial score (nSPS) is 19.0. The molecular weight excluding hydrogens is 282 g/mol. The first-order valence-electron chi connectivity index (χ1n) is 5.44. The van der Waals surface area contributed by atoms with Crippen LogP contribution < -0.4 is 4.90 Å². The number of nitro groups is 1. The number of hydrogen-bond acceptors (Lipinski definition) is 3. The summed E-state index contributed by atoms with van der Waals surface area (Å²) in [7, 11) is 0. The van der Waals surface area contributed by atoms with Gasteiger partial charge >= 0.3 is 0 Å². The Morgan fingerprint density at radius 3 is 2.68 bits per heavy atom. The molecule has 1 heterocycles. The summed E-state index contributed by atoms with van der Waals surface area (Å²) in [5, 5.41) is 10.9. The van der Waals surface area contributed by atoms with Gasteiger partial charge in [-0.3, -0.25) is 14.9 Å². The Labute approximate surface area is 111 Å². The highest BCUT2D eigenvalue weighted by molar-refractivity contribution is 6.18. The van der Waals surface area contributed by atoms with Gasteiger partial charge in [0.15, 0.2) is 17.3 Å². The summed E-state index contributed by atoms with van der Waals surface area (Å²) in [6.07, 6.45) is 0.0661. The fraction of sp³-hybridized carbons (Fsp3) is 0.364. The molecule has 0 spiro atoms. The number of amides is 1. The molecule has 0 saturated carbocycles. The summed E-state index contributed by atoms with van der Waals surface area (Å²) < 4.78 is 27.0. The van der Waals surface area contributed by atoms with Gasteiger partial charge in [-0.05, 0) is 12.0 Å². The lowest BCUT2D eigenvalue weighted by molar-refractivity contribution is -0.384. The second kappa shape index (κ2) is 5.08. The molecule has 0 bridgehead atoms. The molecule has 1 unspecified atom stereocenters. The van der Waals surface area contributed by atoms with E-state index in [0.29, 0.717) is 6.07 Å². The van der Waals surface area contributed by atoms with Gasteiger partial charge in [0.25, 0.3) is 5.69 Å². The summed E-state index contributed by atoms with van der Waals surface area (Å²) in [6, 6.07) is 1.51. The van der Waals surface area contributed by atoms with Gasteiger partial charge in [-0.25, -0.2) is 8.78 Å². The van der Waals surface area contributed by atoms with Crippen molar-refractivity contribution in [3.63, 3.8) is 0 Å². The van der Waals surface area contributed by atoms with Crippen LogP contribution in [0.15, 0.2) is 12.1 Å². The van der Waals surface area contributed by atoms with E-state index in [2.05, 4.69) is 0 Å². The topological polar surface area (TPSA) is 63.5 Å². The van der Waals surface area contributed by atoms with Crippen LogP contribution in [-0.2, 0) is 4.79 Å². The zero-order chi connectivity index (χ0) is 14.2. The Morgan fingerprint density at radius 1 is 1.47 bits per heavy atom. The Bertz CT molecular complexity index is 553. The van der Waals surface area contributed by atoms with Gasteiger partial charge in [0.05, 0.1) is 4.92 Å². The average Bonchev–Trinajstić information content (AvgIpc) is 2.73. The van der Waals surface area contributed by atoms with Crippen molar-refractivity contribution in [2.75, 3.05) is 17.3 Å². The highest BCUT2D eigenvalue weighted by Crippen LogP contribution is 2.36. The van der Waals surface area contributed by atoms with Crippen molar-refractivity contribution < 1.29 is 18.5 Å². The van der Waals surface area contributed by atoms with E-state index in [0.717, 1.165) is 11.0 Å². The summed E-state index contributed by atoms with van der Waals surface area (Å²) in [5.41, 5.74) is -1.26. The number of anilines is 1. The highest BCUT2D eigenvalue weighted by Gasteiger charge is 2.36. The molecule has 0 N–H and O–H groups in total. The third-order valence-corrected chi connectivity index (χ3v) is 3.37. The minimum absolute atomic E-state index is 0.0452. The Balaban J connectivity index is 2.52. The zero-order valence-electron chi connectivity index (χ0n) is 9.61. The largest absolute Gasteiger partial charge is 0.304 e. The van der Waals surface area contributed by atoms with Crippen molar-refractivity contribution in [1.29, 1.82) is 0 Å². The summed E-state index contributed by atoms with van der Waals surface area (Å²) in [6.45, 7) is 0.0452. The minimum Gasteiger partial charge on any atom is -0.304 e. The lowest BCUT2D eigenvalue weighted by atomic mass is 10.1. The first-order chi connectivity index (χ1) is 8.95. The molecule has 0 aliphatic carbocycles. The molecular formula is C11H9ClF2N2O3. The number of benzene rings is 1. The number of halogens is 3. The molecule has 102 valence electrons. The van der Waals surface area contributed by atoms with Gasteiger partial charge in [0, 0.05) is 24.9 Å². The molecule has 1 saturated heterocycles. The highest BCUT2D eigenvalue weighted by atomic mass is 35.5. The van der Waals surface area contributed by atoms with Crippen LogP contribution in [0.1, 0.15) is 6.42 Å². The van der Waals surface area contributed by atoms with E-state index in [1.807, 2.05) is 0 Å². The number of carbonyl (C=O) groups excluding carboxylic acids is 1. The van der Waals surface area contributed by atoms with Crippen molar-refractivity contribution in [2.45, 2.75) is 6.42 Å². The monoisotopic (exact) mass is 290 g/mol. The lowest BCUT2D eigenvalue weighted by Crippen LogP contribution is -2.27. The predicted octanol–water partition coefficient (Wildman–Crippen LogP) is 2.46. The van der Waals surface area contributed by atoms with E-state index < -0.39 is 33.8 Å². The Hall–Kier alpha value is -1.76. The molecule has 0 radical (unpaired) electrons. The number of nitrogens with zero attached hydrogens (tertiary/aromatic N) is 2. The molecule has 1 aliphatic rings. The molecule has 1 aromatic rings. The maximum Gasteiger partial charge on any atom is 0.296 e. The standard InChI is InChI=1S/C11H9ClF2N2O3/c12-4-6-3-9(17)15(5-6)11-8(16(18)19)2-1-7(13)10(11)14/h1-2,6H,3-5H2. The van der Waals surface area contributed by atoms with Gasteiger partial charge < -0.3 is 4.90 Å². The molecule has 5 nitrogen and oxygen atoms in total. The van der Waals surface area contributed by atoms with Crippen LogP contribution in [0.25, 0.3) is 0 Å². The van der Waals surface area contributed by atoms with E-state index >= 15 is 0 Å². The van der Waals surface area contributed by atoms with Gasteiger partial charge in [0.2, 0.25) is 5.91 Å². The van der Waals surface area contributed by atoms with Gasteiger partial charge in [0.1, 0.15) is 0 Å². The Kier molecular flexibility index (Phi) is 3.66. The first-order valence-corrected chi connectivity index (χ1v) is 5.98. The second-order valence-electron chi connectivity index (χ2n) is 4.22. The van der Waals surface area contributed by atoms with Gasteiger partial charge in [-0.2, -0.15) is 0 Å². The maximum absolute atomic E-state index is 13.8. The first kappa shape index (κ1) is 13.7. The van der Waals surface area contributed by atoms with Crippen molar-refractivity contribution in [3.8, 4) is 0 Å². The van der Waals surface area contributed by atoms with Crippen LogP contribution in [0.5, 0.6) is 0 Å². The van der Waals surface area contributed by atoms with Crippen LogP contribution in [0.2, 0.25) is 0 Å². The van der Waals surface area contributed by atoms with Gasteiger partial charge in [-0.15, -0.1) is 11.6 Å². The summed E-state index contributed by atoms with van der Waals surface area (Å²) >= 11 is 5.62. The van der Waals surface area contributed by atoms with Crippen LogP contribution in [0.3, 0.4) is 0 Å². The minimum atomic E-state index is -1.39. The van der Waals surface area contributed by atoms with E-state index in [9.17, 15) is 23.7 Å². The second-order valence-corrected chi connectivity index (χ2v) is 4.52. The quantitative estimate of drug-likeness (QED) is 0.488. The predicted molar refractivity (Wildman–Crippen MR) is 64.2 cm³/mol. The van der Waals surface area contributed by atoms with Crippen molar-refractivity contribution in [2.24, 2.45) is 5.92 Å². The van der Waals surface area contributed by atoms with Crippen LogP contribution in [0, 0.1) is 27.7 Å². The number of alkyl halides is 1.